The number of hydrogen-bond acceptors (Lipinski definition) is 3. The minimum absolute atomic E-state index is 0.00361. The molecule has 1 heterocycles. The number of benzene rings is 1. The van der Waals surface area contributed by atoms with Crippen LogP contribution in [0.15, 0.2) is 24.3 Å². The highest BCUT2D eigenvalue weighted by Gasteiger charge is 2.24. The molecule has 1 aromatic rings. The van der Waals surface area contributed by atoms with E-state index in [-0.39, 0.29) is 11.8 Å². The van der Waals surface area contributed by atoms with E-state index in [4.69, 9.17) is 5.11 Å². The highest BCUT2D eigenvalue weighted by Crippen LogP contribution is 2.10. The molecule has 0 atom stereocenters. The summed E-state index contributed by atoms with van der Waals surface area (Å²) in [7, 11) is 0. The van der Waals surface area contributed by atoms with Crippen LogP contribution in [0.5, 0.6) is 0 Å². The van der Waals surface area contributed by atoms with Gasteiger partial charge in [-0.3, -0.25) is 9.59 Å². The van der Waals surface area contributed by atoms with Gasteiger partial charge in [-0.2, -0.15) is 0 Å². The molecule has 2 amide bonds. The van der Waals surface area contributed by atoms with E-state index < -0.39 is 6.61 Å². The van der Waals surface area contributed by atoms with E-state index in [0.29, 0.717) is 31.7 Å². The van der Waals surface area contributed by atoms with Crippen molar-refractivity contribution in [2.45, 2.75) is 6.92 Å². The van der Waals surface area contributed by atoms with Crippen LogP contribution in [0.2, 0.25) is 0 Å². The zero-order valence-electron chi connectivity index (χ0n) is 11.0. The fourth-order valence-electron chi connectivity index (χ4n) is 2.14. The Hall–Kier alpha value is -1.88. The van der Waals surface area contributed by atoms with E-state index in [1.807, 2.05) is 31.2 Å². The van der Waals surface area contributed by atoms with Crippen molar-refractivity contribution < 1.29 is 14.7 Å². The van der Waals surface area contributed by atoms with Crippen LogP contribution in [0, 0.1) is 6.92 Å². The maximum atomic E-state index is 12.2. The molecule has 0 radical (unpaired) electrons. The first-order valence-electron chi connectivity index (χ1n) is 6.36. The van der Waals surface area contributed by atoms with Gasteiger partial charge in [-0.1, -0.05) is 17.7 Å². The molecule has 102 valence electrons. The highest BCUT2D eigenvalue weighted by atomic mass is 16.3. The Balaban J connectivity index is 1.96. The molecule has 1 saturated heterocycles. The third kappa shape index (κ3) is 3.12. The minimum atomic E-state index is -0.466. The fourth-order valence-corrected chi connectivity index (χ4v) is 2.14. The number of hydrogen-bond donors (Lipinski definition) is 1. The van der Waals surface area contributed by atoms with Crippen LogP contribution >= 0.6 is 0 Å². The predicted molar refractivity (Wildman–Crippen MR) is 70.7 cm³/mol. The first-order valence-corrected chi connectivity index (χ1v) is 6.36. The summed E-state index contributed by atoms with van der Waals surface area (Å²) in [6, 6.07) is 7.48. The summed E-state index contributed by atoms with van der Waals surface area (Å²) in [5, 5.41) is 8.79. The Bertz CT molecular complexity index is 462. The molecule has 5 nitrogen and oxygen atoms in total. The number of aliphatic hydroxyl groups excluding tert-OH is 1. The van der Waals surface area contributed by atoms with E-state index in [1.54, 1.807) is 9.80 Å². The molecule has 2 rings (SSSR count). The Labute approximate surface area is 112 Å². The van der Waals surface area contributed by atoms with Crippen LogP contribution in [-0.4, -0.2) is 59.5 Å². The van der Waals surface area contributed by atoms with Crippen molar-refractivity contribution in [3.8, 4) is 0 Å². The third-order valence-electron chi connectivity index (χ3n) is 3.35. The van der Waals surface area contributed by atoms with Crippen molar-refractivity contribution in [2.24, 2.45) is 0 Å². The summed E-state index contributed by atoms with van der Waals surface area (Å²) >= 11 is 0. The zero-order valence-corrected chi connectivity index (χ0v) is 11.0. The normalized spacial score (nSPS) is 15.5. The van der Waals surface area contributed by atoms with Crippen molar-refractivity contribution in [1.29, 1.82) is 0 Å². The predicted octanol–water partition coefficient (Wildman–Crippen LogP) is 0.272. The van der Waals surface area contributed by atoms with E-state index in [0.717, 1.165) is 5.56 Å². The number of rotatable bonds is 2. The summed E-state index contributed by atoms with van der Waals surface area (Å²) in [4.78, 5) is 26.9. The summed E-state index contributed by atoms with van der Waals surface area (Å²) in [5.74, 6) is -0.279. The number of nitrogens with zero attached hydrogens (tertiary/aromatic N) is 2. The SMILES string of the molecule is Cc1ccc(C(=O)N2CCN(C(=O)CO)CC2)cc1. The second kappa shape index (κ2) is 5.84. The Morgan fingerprint density at radius 1 is 1.05 bits per heavy atom. The number of piperazine rings is 1. The third-order valence-corrected chi connectivity index (χ3v) is 3.35. The number of aliphatic hydroxyl groups is 1. The Kier molecular flexibility index (Phi) is 4.16. The molecule has 5 heteroatoms. The first-order chi connectivity index (χ1) is 9.11. The lowest BCUT2D eigenvalue weighted by atomic mass is 10.1. The van der Waals surface area contributed by atoms with Crippen molar-refractivity contribution in [1.82, 2.24) is 9.80 Å². The second-order valence-corrected chi connectivity index (χ2v) is 4.70. The van der Waals surface area contributed by atoms with Gasteiger partial charge in [0.1, 0.15) is 6.61 Å². The first kappa shape index (κ1) is 13.5. The van der Waals surface area contributed by atoms with Crippen LogP contribution in [-0.2, 0) is 4.79 Å². The molecule has 0 aromatic heterocycles. The molecule has 0 spiro atoms. The summed E-state index contributed by atoms with van der Waals surface area (Å²) in [6.45, 7) is 3.50. The lowest BCUT2D eigenvalue weighted by Gasteiger charge is -2.34. The average molecular weight is 262 g/mol. The molecule has 1 aliphatic heterocycles. The van der Waals surface area contributed by atoms with E-state index >= 15 is 0 Å². The molecule has 19 heavy (non-hydrogen) atoms. The summed E-state index contributed by atoms with van der Waals surface area (Å²) in [6.07, 6.45) is 0. The van der Waals surface area contributed by atoms with Crippen molar-refractivity contribution in [3.05, 3.63) is 35.4 Å². The molecule has 1 aromatic carbocycles. The van der Waals surface area contributed by atoms with Crippen molar-refractivity contribution >= 4 is 11.8 Å². The molecule has 0 saturated carbocycles. The monoisotopic (exact) mass is 262 g/mol. The van der Waals surface area contributed by atoms with Crippen LogP contribution in [0.25, 0.3) is 0 Å². The Morgan fingerprint density at radius 3 is 2.11 bits per heavy atom. The van der Waals surface area contributed by atoms with Gasteiger partial charge in [-0.25, -0.2) is 0 Å². The summed E-state index contributed by atoms with van der Waals surface area (Å²) in [5.41, 5.74) is 1.79. The number of aryl methyl sites for hydroxylation is 1. The highest BCUT2D eigenvalue weighted by molar-refractivity contribution is 5.94. The van der Waals surface area contributed by atoms with Gasteiger partial charge < -0.3 is 14.9 Å². The van der Waals surface area contributed by atoms with Gasteiger partial charge >= 0.3 is 0 Å². The van der Waals surface area contributed by atoms with E-state index in [2.05, 4.69) is 0 Å². The second-order valence-electron chi connectivity index (χ2n) is 4.70. The molecule has 0 unspecified atom stereocenters. The van der Waals surface area contributed by atoms with Gasteiger partial charge in [0.25, 0.3) is 5.91 Å². The quantitative estimate of drug-likeness (QED) is 0.832. The van der Waals surface area contributed by atoms with Crippen LogP contribution in [0.4, 0.5) is 0 Å². The molecule has 1 fully saturated rings. The maximum absolute atomic E-state index is 12.2. The fraction of sp³-hybridized carbons (Fsp3) is 0.429. The Morgan fingerprint density at radius 2 is 1.58 bits per heavy atom. The standard InChI is InChI=1S/C14H18N2O3/c1-11-2-4-12(5-3-11)14(19)16-8-6-15(7-9-16)13(18)10-17/h2-5,17H,6-10H2,1H3. The topological polar surface area (TPSA) is 60.9 Å². The van der Waals surface area contributed by atoms with Gasteiger partial charge in [0.15, 0.2) is 0 Å². The van der Waals surface area contributed by atoms with E-state index in [1.165, 1.54) is 0 Å². The van der Waals surface area contributed by atoms with Gasteiger partial charge in [0, 0.05) is 31.7 Å². The molecule has 1 N–H and O–H groups in total. The van der Waals surface area contributed by atoms with Gasteiger partial charge in [-0.05, 0) is 19.1 Å². The van der Waals surface area contributed by atoms with Gasteiger partial charge in [0.2, 0.25) is 5.91 Å². The minimum Gasteiger partial charge on any atom is -0.387 e. The molecular weight excluding hydrogens is 244 g/mol. The lowest BCUT2D eigenvalue weighted by Crippen LogP contribution is -2.51. The largest absolute Gasteiger partial charge is 0.387 e. The molecule has 0 aliphatic carbocycles. The van der Waals surface area contributed by atoms with Crippen molar-refractivity contribution in [2.75, 3.05) is 32.8 Å². The van der Waals surface area contributed by atoms with E-state index in [9.17, 15) is 9.59 Å². The van der Waals surface area contributed by atoms with Gasteiger partial charge in [0.05, 0.1) is 0 Å². The molecule has 1 aliphatic rings. The average Bonchev–Trinajstić information content (AvgIpc) is 2.46. The van der Waals surface area contributed by atoms with Crippen LogP contribution in [0.3, 0.4) is 0 Å². The van der Waals surface area contributed by atoms with Crippen LogP contribution in [0.1, 0.15) is 15.9 Å². The summed E-state index contributed by atoms with van der Waals surface area (Å²) < 4.78 is 0. The number of carbonyl (C=O) groups is 2. The smallest absolute Gasteiger partial charge is 0.253 e. The zero-order chi connectivity index (χ0) is 13.8. The molecule has 0 bridgehead atoms. The number of amides is 2. The maximum Gasteiger partial charge on any atom is 0.253 e. The number of carbonyl (C=O) groups excluding carboxylic acids is 2. The van der Waals surface area contributed by atoms with Crippen molar-refractivity contribution in [3.63, 3.8) is 0 Å². The van der Waals surface area contributed by atoms with Crippen LogP contribution < -0.4 is 0 Å². The van der Waals surface area contributed by atoms with Gasteiger partial charge in [-0.15, -0.1) is 0 Å². The lowest BCUT2D eigenvalue weighted by molar-refractivity contribution is -0.135. The molecular formula is C14H18N2O3.